The molecule has 0 aromatic heterocycles. The van der Waals surface area contributed by atoms with Gasteiger partial charge in [-0.25, -0.2) is 0 Å². The van der Waals surface area contributed by atoms with Gasteiger partial charge in [0.05, 0.1) is 0 Å². The summed E-state index contributed by atoms with van der Waals surface area (Å²) < 4.78 is 0. The summed E-state index contributed by atoms with van der Waals surface area (Å²) >= 11 is 0. The molecular formula is C21H26N2O. The second kappa shape index (κ2) is 7.63. The van der Waals surface area contributed by atoms with Crippen LogP contribution in [0, 0.1) is 5.92 Å². The van der Waals surface area contributed by atoms with Crippen molar-refractivity contribution in [2.45, 2.75) is 31.7 Å². The predicted octanol–water partition coefficient (Wildman–Crippen LogP) is 3.73. The highest BCUT2D eigenvalue weighted by Crippen LogP contribution is 2.33. The first-order chi connectivity index (χ1) is 11.6. The molecular weight excluding hydrogens is 296 g/mol. The molecule has 1 fully saturated rings. The molecule has 0 saturated carbocycles. The molecule has 24 heavy (non-hydrogen) atoms. The van der Waals surface area contributed by atoms with Gasteiger partial charge >= 0.3 is 0 Å². The Morgan fingerprint density at radius 2 is 1.75 bits per heavy atom. The second-order valence-electron chi connectivity index (χ2n) is 6.84. The molecule has 1 amide bonds. The Balaban J connectivity index is 1.58. The zero-order valence-corrected chi connectivity index (χ0v) is 14.3. The number of hydrogen-bond acceptors (Lipinski definition) is 2. The molecule has 0 radical (unpaired) electrons. The van der Waals surface area contributed by atoms with E-state index in [1.165, 1.54) is 5.56 Å². The number of benzene rings is 2. The van der Waals surface area contributed by atoms with E-state index in [4.69, 9.17) is 5.73 Å². The van der Waals surface area contributed by atoms with Crippen molar-refractivity contribution in [1.29, 1.82) is 0 Å². The van der Waals surface area contributed by atoms with Crippen LogP contribution in [0.3, 0.4) is 0 Å². The topological polar surface area (TPSA) is 46.3 Å². The number of carbonyl (C=O) groups is 1. The van der Waals surface area contributed by atoms with E-state index in [2.05, 4.69) is 37.3 Å². The van der Waals surface area contributed by atoms with Crippen LogP contribution in [0.5, 0.6) is 0 Å². The van der Waals surface area contributed by atoms with Gasteiger partial charge in [0.25, 0.3) is 0 Å². The van der Waals surface area contributed by atoms with E-state index in [0.29, 0.717) is 18.3 Å². The summed E-state index contributed by atoms with van der Waals surface area (Å²) in [5.41, 5.74) is 8.62. The highest BCUT2D eigenvalue weighted by Gasteiger charge is 2.30. The van der Waals surface area contributed by atoms with Crippen molar-refractivity contribution in [3.8, 4) is 0 Å². The molecule has 2 aromatic carbocycles. The van der Waals surface area contributed by atoms with Crippen molar-refractivity contribution in [2.24, 2.45) is 11.7 Å². The Kier molecular flexibility index (Phi) is 5.31. The molecule has 3 atom stereocenters. The Hall–Kier alpha value is -2.13. The molecule has 2 aromatic rings. The molecule has 1 heterocycles. The average Bonchev–Trinajstić information content (AvgIpc) is 2.63. The zero-order chi connectivity index (χ0) is 16.9. The van der Waals surface area contributed by atoms with Gasteiger partial charge in [0.2, 0.25) is 5.91 Å². The van der Waals surface area contributed by atoms with Crippen LogP contribution in [-0.2, 0) is 4.79 Å². The Bertz CT molecular complexity index is 656. The van der Waals surface area contributed by atoms with Crippen LogP contribution < -0.4 is 5.73 Å². The number of nitrogens with zero attached hydrogens (tertiary/aromatic N) is 1. The average molecular weight is 322 g/mol. The summed E-state index contributed by atoms with van der Waals surface area (Å²) in [5.74, 6) is 1.18. The van der Waals surface area contributed by atoms with E-state index in [1.54, 1.807) is 0 Å². The summed E-state index contributed by atoms with van der Waals surface area (Å²) in [4.78, 5) is 14.6. The minimum atomic E-state index is -0.221. The van der Waals surface area contributed by atoms with Gasteiger partial charge in [-0.3, -0.25) is 4.79 Å². The summed E-state index contributed by atoms with van der Waals surface area (Å²) in [6.07, 6.45) is 1.41. The summed E-state index contributed by atoms with van der Waals surface area (Å²) in [6.45, 7) is 3.89. The van der Waals surface area contributed by atoms with E-state index in [0.717, 1.165) is 25.1 Å². The van der Waals surface area contributed by atoms with Crippen molar-refractivity contribution in [1.82, 2.24) is 4.90 Å². The van der Waals surface area contributed by atoms with Gasteiger partial charge in [-0.1, -0.05) is 67.6 Å². The standard InChI is InChI=1S/C21H26N2O/c1-16-15-23(13-12-19(16)17-8-4-2-5-9-17)21(24)14-20(22)18-10-6-3-7-11-18/h2-11,16,19-20H,12-15,22H2,1H3. The maximum absolute atomic E-state index is 12.6. The van der Waals surface area contributed by atoms with Crippen LogP contribution in [0.4, 0.5) is 0 Å². The maximum atomic E-state index is 12.6. The first-order valence-electron chi connectivity index (χ1n) is 8.78. The highest BCUT2D eigenvalue weighted by atomic mass is 16.2. The maximum Gasteiger partial charge on any atom is 0.224 e. The third-order valence-electron chi connectivity index (χ3n) is 5.11. The van der Waals surface area contributed by atoms with Crippen molar-refractivity contribution in [3.05, 3.63) is 71.8 Å². The third-order valence-corrected chi connectivity index (χ3v) is 5.11. The van der Waals surface area contributed by atoms with Crippen molar-refractivity contribution < 1.29 is 4.79 Å². The van der Waals surface area contributed by atoms with E-state index in [-0.39, 0.29) is 11.9 Å². The second-order valence-corrected chi connectivity index (χ2v) is 6.84. The quantitative estimate of drug-likeness (QED) is 0.932. The van der Waals surface area contributed by atoms with Crippen LogP contribution >= 0.6 is 0 Å². The zero-order valence-electron chi connectivity index (χ0n) is 14.3. The van der Waals surface area contributed by atoms with Gasteiger partial charge in [0.1, 0.15) is 0 Å². The fourth-order valence-corrected chi connectivity index (χ4v) is 3.70. The molecule has 126 valence electrons. The fraction of sp³-hybridized carbons (Fsp3) is 0.381. The van der Waals surface area contributed by atoms with Crippen LogP contribution in [-0.4, -0.2) is 23.9 Å². The van der Waals surface area contributed by atoms with Crippen molar-refractivity contribution in [2.75, 3.05) is 13.1 Å². The van der Waals surface area contributed by atoms with Crippen LogP contribution in [0.25, 0.3) is 0 Å². The van der Waals surface area contributed by atoms with E-state index < -0.39 is 0 Å². The Morgan fingerprint density at radius 3 is 2.38 bits per heavy atom. The van der Waals surface area contributed by atoms with Crippen molar-refractivity contribution in [3.63, 3.8) is 0 Å². The van der Waals surface area contributed by atoms with Gasteiger partial charge < -0.3 is 10.6 Å². The SMILES string of the molecule is CC1CN(C(=O)CC(N)c2ccccc2)CCC1c1ccccc1. The fourth-order valence-electron chi connectivity index (χ4n) is 3.70. The number of hydrogen-bond donors (Lipinski definition) is 1. The molecule has 3 heteroatoms. The monoisotopic (exact) mass is 322 g/mol. The third kappa shape index (κ3) is 3.85. The van der Waals surface area contributed by atoms with Crippen LogP contribution in [0.15, 0.2) is 60.7 Å². The van der Waals surface area contributed by atoms with Gasteiger partial charge in [-0.05, 0) is 29.4 Å². The van der Waals surface area contributed by atoms with Crippen LogP contribution in [0.1, 0.15) is 42.9 Å². The van der Waals surface area contributed by atoms with Crippen molar-refractivity contribution >= 4 is 5.91 Å². The number of piperidine rings is 1. The van der Waals surface area contributed by atoms with E-state index in [1.807, 2.05) is 35.2 Å². The number of nitrogens with two attached hydrogens (primary N) is 1. The molecule has 3 nitrogen and oxygen atoms in total. The van der Waals surface area contributed by atoms with E-state index >= 15 is 0 Å². The molecule has 0 bridgehead atoms. The number of amides is 1. The van der Waals surface area contributed by atoms with Gasteiger partial charge in [-0.2, -0.15) is 0 Å². The minimum absolute atomic E-state index is 0.171. The number of carbonyl (C=O) groups excluding carboxylic acids is 1. The predicted molar refractivity (Wildman–Crippen MR) is 97.5 cm³/mol. The molecule has 2 N–H and O–H groups in total. The molecule has 1 aliphatic rings. The minimum Gasteiger partial charge on any atom is -0.342 e. The molecule has 0 spiro atoms. The largest absolute Gasteiger partial charge is 0.342 e. The van der Waals surface area contributed by atoms with Gasteiger partial charge in [0.15, 0.2) is 0 Å². The number of rotatable bonds is 4. The number of likely N-dealkylation sites (tertiary alicyclic amines) is 1. The molecule has 3 unspecified atom stereocenters. The Morgan fingerprint density at radius 1 is 1.12 bits per heavy atom. The first kappa shape index (κ1) is 16.7. The highest BCUT2D eigenvalue weighted by molar-refractivity contribution is 5.77. The molecule has 0 aliphatic carbocycles. The molecule has 1 saturated heterocycles. The van der Waals surface area contributed by atoms with E-state index in [9.17, 15) is 4.79 Å². The van der Waals surface area contributed by atoms with Gasteiger partial charge in [0, 0.05) is 25.6 Å². The first-order valence-corrected chi connectivity index (χ1v) is 8.78. The smallest absolute Gasteiger partial charge is 0.224 e. The lowest BCUT2D eigenvalue weighted by atomic mass is 9.81. The summed E-state index contributed by atoms with van der Waals surface area (Å²) in [6, 6.07) is 20.3. The lowest BCUT2D eigenvalue weighted by Gasteiger charge is -2.37. The molecule has 3 rings (SSSR count). The van der Waals surface area contributed by atoms with Crippen LogP contribution in [0.2, 0.25) is 0 Å². The Labute approximate surface area is 144 Å². The summed E-state index contributed by atoms with van der Waals surface area (Å²) in [7, 11) is 0. The summed E-state index contributed by atoms with van der Waals surface area (Å²) in [5, 5.41) is 0. The molecule has 1 aliphatic heterocycles. The van der Waals surface area contributed by atoms with Gasteiger partial charge in [-0.15, -0.1) is 0 Å². The lowest BCUT2D eigenvalue weighted by molar-refractivity contribution is -0.133. The lowest BCUT2D eigenvalue weighted by Crippen LogP contribution is -2.43. The normalized spacial score (nSPS) is 22.2.